The summed E-state index contributed by atoms with van der Waals surface area (Å²) in [7, 11) is 1.90. The minimum Gasteiger partial charge on any atom is -0.365 e. The van der Waals surface area contributed by atoms with E-state index in [-0.39, 0.29) is 30.2 Å². The number of hydrogen-bond acceptors (Lipinski definition) is 5. The molecule has 2 fully saturated rings. The first-order chi connectivity index (χ1) is 14.0. The maximum absolute atomic E-state index is 13.4. The highest BCUT2D eigenvalue weighted by Gasteiger charge is 2.47. The molecule has 0 aliphatic carbocycles. The van der Waals surface area contributed by atoms with Crippen LogP contribution >= 0.6 is 0 Å². The SMILES string of the molecule is CCN1C(=O)C[C@H](C(=O)N2CCN(c3cnn(C)c3)CC2)[C@H]1c1nccn1CC. The van der Waals surface area contributed by atoms with Gasteiger partial charge in [0.1, 0.15) is 11.9 Å². The van der Waals surface area contributed by atoms with Gasteiger partial charge >= 0.3 is 0 Å². The van der Waals surface area contributed by atoms with E-state index in [0.29, 0.717) is 19.6 Å². The van der Waals surface area contributed by atoms with E-state index < -0.39 is 0 Å². The number of amides is 2. The summed E-state index contributed by atoms with van der Waals surface area (Å²) in [5, 5.41) is 4.23. The molecule has 0 aromatic carbocycles. The zero-order valence-corrected chi connectivity index (χ0v) is 17.4. The number of piperazine rings is 1. The van der Waals surface area contributed by atoms with Gasteiger partial charge in [-0.05, 0) is 13.8 Å². The van der Waals surface area contributed by atoms with Gasteiger partial charge in [-0.25, -0.2) is 4.98 Å². The van der Waals surface area contributed by atoms with Gasteiger partial charge in [-0.3, -0.25) is 14.3 Å². The van der Waals surface area contributed by atoms with Crippen LogP contribution in [0.2, 0.25) is 0 Å². The van der Waals surface area contributed by atoms with E-state index in [2.05, 4.69) is 15.0 Å². The number of aryl methyl sites for hydroxylation is 2. The number of aromatic nitrogens is 4. The lowest BCUT2D eigenvalue weighted by Crippen LogP contribution is -2.51. The molecule has 9 nitrogen and oxygen atoms in total. The van der Waals surface area contributed by atoms with Crippen LogP contribution in [0.4, 0.5) is 5.69 Å². The molecule has 0 spiro atoms. The lowest BCUT2D eigenvalue weighted by Gasteiger charge is -2.37. The Morgan fingerprint density at radius 3 is 2.55 bits per heavy atom. The molecule has 2 aromatic rings. The molecule has 2 aliphatic heterocycles. The van der Waals surface area contributed by atoms with Gasteiger partial charge in [0, 0.05) is 71.3 Å². The van der Waals surface area contributed by atoms with E-state index >= 15 is 0 Å². The molecule has 4 heterocycles. The Labute approximate surface area is 170 Å². The molecule has 0 unspecified atom stereocenters. The van der Waals surface area contributed by atoms with Crippen molar-refractivity contribution in [3.8, 4) is 0 Å². The van der Waals surface area contributed by atoms with Crippen molar-refractivity contribution in [2.45, 2.75) is 32.9 Å². The zero-order chi connectivity index (χ0) is 20.5. The molecule has 9 heteroatoms. The lowest BCUT2D eigenvalue weighted by molar-refractivity contribution is -0.137. The normalized spacial score (nSPS) is 22.6. The van der Waals surface area contributed by atoms with E-state index in [1.54, 1.807) is 10.9 Å². The molecule has 4 rings (SSSR count). The molecule has 2 amide bonds. The highest BCUT2D eigenvalue weighted by molar-refractivity contribution is 5.90. The Balaban J connectivity index is 1.50. The second kappa shape index (κ2) is 7.88. The average molecular weight is 399 g/mol. The molecule has 156 valence electrons. The minimum absolute atomic E-state index is 0.0375. The first kappa shape index (κ1) is 19.5. The molecule has 0 radical (unpaired) electrons. The Bertz CT molecular complexity index is 881. The van der Waals surface area contributed by atoms with Gasteiger partial charge in [-0.15, -0.1) is 0 Å². The zero-order valence-electron chi connectivity index (χ0n) is 17.4. The number of nitrogens with zero attached hydrogens (tertiary/aromatic N) is 7. The van der Waals surface area contributed by atoms with Crippen LogP contribution in [0.25, 0.3) is 0 Å². The number of anilines is 1. The third-order valence-electron chi connectivity index (χ3n) is 6.09. The van der Waals surface area contributed by atoms with Crippen LogP contribution < -0.4 is 4.90 Å². The van der Waals surface area contributed by atoms with Crippen LogP contribution in [-0.4, -0.2) is 73.7 Å². The quantitative estimate of drug-likeness (QED) is 0.746. The maximum Gasteiger partial charge on any atom is 0.228 e. The second-order valence-corrected chi connectivity index (χ2v) is 7.69. The van der Waals surface area contributed by atoms with Gasteiger partial charge in [0.25, 0.3) is 0 Å². The van der Waals surface area contributed by atoms with Crippen LogP contribution in [0.1, 0.15) is 32.1 Å². The molecule has 2 aromatic heterocycles. The molecule has 29 heavy (non-hydrogen) atoms. The fourth-order valence-electron chi connectivity index (χ4n) is 4.55. The van der Waals surface area contributed by atoms with Crippen LogP contribution in [0.15, 0.2) is 24.8 Å². The standard InChI is InChI=1S/C20H29N7O2/c1-4-24-7-6-21-19(24)18-16(12-17(28)27(18)5-2)20(29)26-10-8-25(9-11-26)15-13-22-23(3)14-15/h6-7,13-14,16,18H,4-5,8-12H2,1-3H3/t16-,18-/m0/s1. The van der Waals surface area contributed by atoms with Gasteiger partial charge in [0.15, 0.2) is 0 Å². The highest BCUT2D eigenvalue weighted by Crippen LogP contribution is 2.38. The highest BCUT2D eigenvalue weighted by atomic mass is 16.2. The Kier molecular flexibility index (Phi) is 5.29. The van der Waals surface area contributed by atoms with Gasteiger partial charge in [-0.1, -0.05) is 0 Å². The molecule has 0 saturated carbocycles. The smallest absolute Gasteiger partial charge is 0.228 e. The fourth-order valence-corrected chi connectivity index (χ4v) is 4.55. The lowest BCUT2D eigenvalue weighted by atomic mass is 9.97. The first-order valence-electron chi connectivity index (χ1n) is 10.4. The van der Waals surface area contributed by atoms with Crippen molar-refractivity contribution in [2.24, 2.45) is 13.0 Å². The maximum atomic E-state index is 13.4. The van der Waals surface area contributed by atoms with Crippen molar-refractivity contribution >= 4 is 17.5 Å². The number of imidazole rings is 1. The van der Waals surface area contributed by atoms with Crippen molar-refractivity contribution < 1.29 is 9.59 Å². The van der Waals surface area contributed by atoms with Crippen molar-refractivity contribution in [1.29, 1.82) is 0 Å². The van der Waals surface area contributed by atoms with Crippen LogP contribution in [0.5, 0.6) is 0 Å². The summed E-state index contributed by atoms with van der Waals surface area (Å²) in [4.78, 5) is 36.6. The summed E-state index contributed by atoms with van der Waals surface area (Å²) >= 11 is 0. The molecule has 0 N–H and O–H groups in total. The summed E-state index contributed by atoms with van der Waals surface area (Å²) < 4.78 is 3.82. The van der Waals surface area contributed by atoms with Crippen LogP contribution in [-0.2, 0) is 23.2 Å². The van der Waals surface area contributed by atoms with E-state index in [1.165, 1.54) is 0 Å². The van der Waals surface area contributed by atoms with E-state index in [9.17, 15) is 9.59 Å². The van der Waals surface area contributed by atoms with Crippen molar-refractivity contribution in [1.82, 2.24) is 29.1 Å². The van der Waals surface area contributed by atoms with Gasteiger partial charge < -0.3 is 19.3 Å². The fraction of sp³-hybridized carbons (Fsp3) is 0.600. The molecule has 2 aliphatic rings. The molecule has 0 bridgehead atoms. The number of hydrogen-bond donors (Lipinski definition) is 0. The third kappa shape index (κ3) is 3.49. The number of likely N-dealkylation sites (tertiary alicyclic amines) is 1. The number of carbonyl (C=O) groups excluding carboxylic acids is 2. The molecule has 2 saturated heterocycles. The van der Waals surface area contributed by atoms with Crippen molar-refractivity contribution in [3.63, 3.8) is 0 Å². The average Bonchev–Trinajstić information content (AvgIpc) is 3.45. The summed E-state index contributed by atoms with van der Waals surface area (Å²) in [6.45, 7) is 8.20. The monoisotopic (exact) mass is 399 g/mol. The molecule has 2 atom stereocenters. The molecular formula is C20H29N7O2. The number of carbonyl (C=O) groups is 2. The summed E-state index contributed by atoms with van der Waals surface area (Å²) in [6, 6.07) is -0.286. The predicted octanol–water partition coefficient (Wildman–Crippen LogP) is 0.895. The van der Waals surface area contributed by atoms with E-state index in [0.717, 1.165) is 31.1 Å². The Morgan fingerprint density at radius 2 is 1.93 bits per heavy atom. The van der Waals surface area contributed by atoms with Gasteiger partial charge in [0.2, 0.25) is 11.8 Å². The van der Waals surface area contributed by atoms with Crippen molar-refractivity contribution in [3.05, 3.63) is 30.6 Å². The van der Waals surface area contributed by atoms with Crippen molar-refractivity contribution in [2.75, 3.05) is 37.6 Å². The van der Waals surface area contributed by atoms with E-state index in [4.69, 9.17) is 0 Å². The van der Waals surface area contributed by atoms with Crippen LogP contribution in [0, 0.1) is 5.92 Å². The van der Waals surface area contributed by atoms with Gasteiger partial charge in [0.05, 0.1) is 17.8 Å². The Morgan fingerprint density at radius 1 is 1.17 bits per heavy atom. The van der Waals surface area contributed by atoms with Gasteiger partial charge in [-0.2, -0.15) is 5.10 Å². The topological polar surface area (TPSA) is 79.5 Å². The summed E-state index contributed by atoms with van der Waals surface area (Å²) in [5.41, 5.74) is 1.08. The Hall–Kier alpha value is -2.84. The first-order valence-corrected chi connectivity index (χ1v) is 10.4. The minimum atomic E-state index is -0.375. The summed E-state index contributed by atoms with van der Waals surface area (Å²) in [6.07, 6.45) is 7.78. The number of rotatable bonds is 5. The van der Waals surface area contributed by atoms with E-state index in [1.807, 2.05) is 53.9 Å². The molecular weight excluding hydrogens is 370 g/mol. The second-order valence-electron chi connectivity index (χ2n) is 7.69. The largest absolute Gasteiger partial charge is 0.365 e. The third-order valence-corrected chi connectivity index (χ3v) is 6.09. The van der Waals surface area contributed by atoms with Crippen LogP contribution in [0.3, 0.4) is 0 Å². The predicted molar refractivity (Wildman–Crippen MR) is 108 cm³/mol. The summed E-state index contributed by atoms with van der Waals surface area (Å²) in [5.74, 6) is 0.541.